The molecular weight excluding hydrogens is 291 g/mol. The molecule has 2 N–H and O–H groups in total. The molecule has 1 amide bonds. The van der Waals surface area contributed by atoms with Gasteiger partial charge < -0.3 is 15.4 Å². The first-order valence-electron chi connectivity index (χ1n) is 5.25. The molecule has 0 aromatic heterocycles. The number of carbonyl (C=O) groups excluding carboxylic acids is 1. The van der Waals surface area contributed by atoms with Gasteiger partial charge in [0.15, 0.2) is 0 Å². The Morgan fingerprint density at radius 2 is 2.41 bits per heavy atom. The highest BCUT2D eigenvalue weighted by Gasteiger charge is 2.22. The van der Waals surface area contributed by atoms with E-state index in [-0.39, 0.29) is 11.7 Å². The van der Waals surface area contributed by atoms with Crippen molar-refractivity contribution in [3.05, 3.63) is 28.5 Å². The summed E-state index contributed by atoms with van der Waals surface area (Å²) in [5.74, 6) is -0.588. The summed E-state index contributed by atoms with van der Waals surface area (Å²) in [7, 11) is 0. The molecule has 1 saturated heterocycles. The summed E-state index contributed by atoms with van der Waals surface area (Å²) in [5.41, 5.74) is 0.533. The second-order valence-corrected chi connectivity index (χ2v) is 4.53. The molecule has 0 saturated carbocycles. The van der Waals surface area contributed by atoms with Crippen LogP contribution in [0.25, 0.3) is 0 Å². The Kier molecular flexibility index (Phi) is 4.09. The Labute approximate surface area is 107 Å². The van der Waals surface area contributed by atoms with Crippen molar-refractivity contribution in [1.29, 1.82) is 0 Å². The van der Waals surface area contributed by atoms with E-state index in [1.807, 2.05) is 0 Å². The van der Waals surface area contributed by atoms with Crippen LogP contribution in [0.5, 0.6) is 0 Å². The topological polar surface area (TPSA) is 50.4 Å². The minimum absolute atomic E-state index is 0.232. The van der Waals surface area contributed by atoms with Crippen molar-refractivity contribution in [2.45, 2.75) is 6.10 Å². The van der Waals surface area contributed by atoms with E-state index in [0.29, 0.717) is 23.3 Å². The van der Waals surface area contributed by atoms with Gasteiger partial charge in [-0.05, 0) is 34.1 Å². The van der Waals surface area contributed by atoms with Gasteiger partial charge in [-0.25, -0.2) is 4.39 Å². The quantitative estimate of drug-likeness (QED) is 0.871. The summed E-state index contributed by atoms with van der Waals surface area (Å²) in [6, 6.07) is 4.10. The lowest BCUT2D eigenvalue weighted by molar-refractivity contribution is -0.128. The van der Waals surface area contributed by atoms with E-state index < -0.39 is 6.10 Å². The number of carbonyl (C=O) groups is 1. The highest BCUT2D eigenvalue weighted by Crippen LogP contribution is 2.23. The average Bonchev–Trinajstić information content (AvgIpc) is 2.34. The van der Waals surface area contributed by atoms with Gasteiger partial charge in [-0.2, -0.15) is 0 Å². The van der Waals surface area contributed by atoms with Crippen molar-refractivity contribution < 1.29 is 13.9 Å². The maximum Gasteiger partial charge on any atom is 0.254 e. The fourth-order valence-corrected chi connectivity index (χ4v) is 1.99. The van der Waals surface area contributed by atoms with Crippen molar-refractivity contribution in [3.63, 3.8) is 0 Å². The van der Waals surface area contributed by atoms with Gasteiger partial charge in [-0.1, -0.05) is 0 Å². The monoisotopic (exact) mass is 302 g/mol. The van der Waals surface area contributed by atoms with E-state index in [9.17, 15) is 9.18 Å². The molecule has 6 heteroatoms. The molecule has 1 fully saturated rings. The number of hydrogen-bond acceptors (Lipinski definition) is 3. The molecule has 4 nitrogen and oxygen atoms in total. The Balaban J connectivity index is 2.02. The fourth-order valence-electron chi connectivity index (χ4n) is 1.54. The van der Waals surface area contributed by atoms with Crippen molar-refractivity contribution >= 4 is 27.5 Å². The van der Waals surface area contributed by atoms with Crippen LogP contribution in [0.2, 0.25) is 0 Å². The van der Waals surface area contributed by atoms with Crippen LogP contribution in [-0.4, -0.2) is 31.7 Å². The maximum absolute atomic E-state index is 12.9. The number of hydrogen-bond donors (Lipinski definition) is 2. The molecule has 92 valence electrons. The van der Waals surface area contributed by atoms with Crippen molar-refractivity contribution in [2.75, 3.05) is 25.0 Å². The SMILES string of the molecule is O=C(Nc1ccc(F)cc1Br)C1CNCCO1. The minimum Gasteiger partial charge on any atom is -0.366 e. The minimum atomic E-state index is -0.499. The van der Waals surface area contributed by atoms with Gasteiger partial charge in [0.2, 0.25) is 0 Å². The third kappa shape index (κ3) is 3.24. The first-order chi connectivity index (χ1) is 8.16. The molecule has 0 aliphatic carbocycles. The van der Waals surface area contributed by atoms with Crippen molar-refractivity contribution in [2.24, 2.45) is 0 Å². The molecule has 1 aromatic rings. The van der Waals surface area contributed by atoms with Crippen molar-refractivity contribution in [1.82, 2.24) is 5.32 Å². The first-order valence-corrected chi connectivity index (χ1v) is 6.04. The van der Waals surface area contributed by atoms with Gasteiger partial charge in [0.25, 0.3) is 5.91 Å². The van der Waals surface area contributed by atoms with E-state index in [0.717, 1.165) is 6.54 Å². The van der Waals surface area contributed by atoms with Gasteiger partial charge in [0, 0.05) is 17.6 Å². The van der Waals surface area contributed by atoms with Crippen LogP contribution in [-0.2, 0) is 9.53 Å². The van der Waals surface area contributed by atoms with E-state index in [1.54, 1.807) is 0 Å². The van der Waals surface area contributed by atoms with Crippen LogP contribution in [0.4, 0.5) is 10.1 Å². The first kappa shape index (κ1) is 12.5. The van der Waals surface area contributed by atoms with Crippen LogP contribution in [0, 0.1) is 5.82 Å². The summed E-state index contributed by atoms with van der Waals surface area (Å²) < 4.78 is 18.7. The highest BCUT2D eigenvalue weighted by molar-refractivity contribution is 9.10. The number of halogens is 2. The van der Waals surface area contributed by atoms with Crippen molar-refractivity contribution in [3.8, 4) is 0 Å². The number of nitrogens with one attached hydrogen (secondary N) is 2. The Hall–Kier alpha value is -0.980. The smallest absolute Gasteiger partial charge is 0.254 e. The zero-order valence-electron chi connectivity index (χ0n) is 9.00. The zero-order valence-corrected chi connectivity index (χ0v) is 10.6. The van der Waals surface area contributed by atoms with Gasteiger partial charge in [-0.15, -0.1) is 0 Å². The molecule has 1 aliphatic heterocycles. The van der Waals surface area contributed by atoms with E-state index in [2.05, 4.69) is 26.6 Å². The molecule has 0 bridgehead atoms. The predicted molar refractivity (Wildman–Crippen MR) is 65.3 cm³/mol. The number of anilines is 1. The molecule has 17 heavy (non-hydrogen) atoms. The second kappa shape index (κ2) is 5.57. The molecule has 1 heterocycles. The fraction of sp³-hybridized carbons (Fsp3) is 0.364. The standard InChI is InChI=1S/C11H12BrFN2O2/c12-8-5-7(13)1-2-9(8)15-11(16)10-6-14-3-4-17-10/h1-2,5,10,14H,3-4,6H2,(H,15,16). The lowest BCUT2D eigenvalue weighted by Gasteiger charge is -2.22. The second-order valence-electron chi connectivity index (χ2n) is 3.68. The molecule has 1 aliphatic rings. The number of morpholine rings is 1. The molecule has 0 radical (unpaired) electrons. The number of ether oxygens (including phenoxy) is 1. The molecule has 2 rings (SSSR count). The summed E-state index contributed by atoms with van der Waals surface area (Å²) in [6.45, 7) is 1.76. The van der Waals surface area contributed by atoms with Crippen LogP contribution in [0.1, 0.15) is 0 Å². The van der Waals surface area contributed by atoms with Gasteiger partial charge >= 0.3 is 0 Å². The third-order valence-corrected chi connectivity index (χ3v) is 3.07. The largest absolute Gasteiger partial charge is 0.366 e. The lowest BCUT2D eigenvalue weighted by Crippen LogP contribution is -2.45. The normalized spacial score (nSPS) is 20.0. The molecule has 1 atom stereocenters. The van der Waals surface area contributed by atoms with E-state index in [4.69, 9.17) is 4.74 Å². The average molecular weight is 303 g/mol. The number of rotatable bonds is 2. The van der Waals surface area contributed by atoms with Crippen LogP contribution in [0.3, 0.4) is 0 Å². The van der Waals surface area contributed by atoms with E-state index >= 15 is 0 Å². The number of amides is 1. The lowest BCUT2D eigenvalue weighted by atomic mass is 10.2. The van der Waals surface area contributed by atoms with Crippen LogP contribution < -0.4 is 10.6 Å². The van der Waals surface area contributed by atoms with Crippen LogP contribution in [0.15, 0.2) is 22.7 Å². The molecule has 0 spiro atoms. The van der Waals surface area contributed by atoms with Crippen LogP contribution >= 0.6 is 15.9 Å². The van der Waals surface area contributed by atoms with Gasteiger partial charge in [0.1, 0.15) is 11.9 Å². The van der Waals surface area contributed by atoms with E-state index in [1.165, 1.54) is 18.2 Å². The van der Waals surface area contributed by atoms with Gasteiger partial charge in [-0.3, -0.25) is 4.79 Å². The Morgan fingerprint density at radius 3 is 3.06 bits per heavy atom. The maximum atomic E-state index is 12.9. The molecule has 1 unspecified atom stereocenters. The highest BCUT2D eigenvalue weighted by atomic mass is 79.9. The summed E-state index contributed by atoms with van der Waals surface area (Å²) >= 11 is 3.19. The summed E-state index contributed by atoms with van der Waals surface area (Å²) in [6.07, 6.45) is -0.499. The zero-order chi connectivity index (χ0) is 12.3. The molecular formula is C11H12BrFN2O2. The third-order valence-electron chi connectivity index (χ3n) is 2.41. The van der Waals surface area contributed by atoms with Gasteiger partial charge in [0.05, 0.1) is 12.3 Å². The predicted octanol–water partition coefficient (Wildman–Crippen LogP) is 1.52. The summed E-state index contributed by atoms with van der Waals surface area (Å²) in [4.78, 5) is 11.8. The molecule has 1 aromatic carbocycles. The Bertz CT molecular complexity index is 422. The summed E-state index contributed by atoms with van der Waals surface area (Å²) in [5, 5.41) is 5.76. The number of benzene rings is 1. The Morgan fingerprint density at radius 1 is 1.59 bits per heavy atom.